The van der Waals surface area contributed by atoms with E-state index in [9.17, 15) is 4.79 Å². The van der Waals surface area contributed by atoms with Crippen LogP contribution in [0.25, 0.3) is 10.9 Å². The Bertz CT molecular complexity index is 779. The number of aryl methyl sites for hydroxylation is 1. The molecule has 22 heavy (non-hydrogen) atoms. The van der Waals surface area contributed by atoms with Crippen molar-refractivity contribution in [2.75, 3.05) is 6.54 Å². The Balaban J connectivity index is 1.46. The summed E-state index contributed by atoms with van der Waals surface area (Å²) < 4.78 is 3.55. The molecule has 7 heteroatoms. The summed E-state index contributed by atoms with van der Waals surface area (Å²) in [6, 6.07) is 7.95. The van der Waals surface area contributed by atoms with Crippen LogP contribution in [0.15, 0.2) is 42.9 Å². The van der Waals surface area contributed by atoms with Gasteiger partial charge >= 0.3 is 0 Å². The Morgan fingerprint density at radius 1 is 1.18 bits per heavy atom. The Morgan fingerprint density at radius 3 is 2.86 bits per heavy atom. The predicted octanol–water partition coefficient (Wildman–Crippen LogP) is 2.09. The molecular formula is C15H16ClN5O. The van der Waals surface area contributed by atoms with E-state index in [1.807, 2.05) is 35.1 Å². The molecule has 0 spiro atoms. The number of carbonyl (C=O) groups is 1. The molecule has 3 aromatic rings. The summed E-state index contributed by atoms with van der Waals surface area (Å²) in [5.41, 5.74) is 1.04. The largest absolute Gasteiger partial charge is 0.354 e. The second-order valence-corrected chi connectivity index (χ2v) is 5.38. The summed E-state index contributed by atoms with van der Waals surface area (Å²) in [5.74, 6) is -0.00201. The van der Waals surface area contributed by atoms with Gasteiger partial charge in [-0.1, -0.05) is 29.8 Å². The molecule has 0 radical (unpaired) electrons. The first-order valence-electron chi connectivity index (χ1n) is 7.07. The number of benzene rings is 1. The Morgan fingerprint density at radius 2 is 2.05 bits per heavy atom. The standard InChI is InChI=1S/C15H16ClN5O/c16-13-10-18-20(11-13)8-6-17-15(22)5-7-21-14-4-2-1-3-12(14)9-19-21/h1-4,9-11H,5-8H2,(H,17,22). The molecule has 3 rings (SSSR count). The number of halogens is 1. The summed E-state index contributed by atoms with van der Waals surface area (Å²) in [6.45, 7) is 1.69. The third-order valence-corrected chi connectivity index (χ3v) is 3.56. The van der Waals surface area contributed by atoms with E-state index < -0.39 is 0 Å². The first-order chi connectivity index (χ1) is 10.7. The molecule has 0 bridgehead atoms. The van der Waals surface area contributed by atoms with Crippen molar-refractivity contribution >= 4 is 28.4 Å². The molecule has 1 amide bonds. The van der Waals surface area contributed by atoms with E-state index in [0.29, 0.717) is 31.1 Å². The van der Waals surface area contributed by atoms with Crippen LogP contribution in [-0.4, -0.2) is 32.0 Å². The number of fused-ring (bicyclic) bond motifs is 1. The number of rotatable bonds is 6. The molecule has 1 aromatic carbocycles. The van der Waals surface area contributed by atoms with Crippen LogP contribution in [0.5, 0.6) is 0 Å². The van der Waals surface area contributed by atoms with E-state index in [2.05, 4.69) is 15.5 Å². The highest BCUT2D eigenvalue weighted by molar-refractivity contribution is 6.30. The molecule has 0 saturated heterocycles. The Hall–Kier alpha value is -2.34. The normalized spacial score (nSPS) is 11.0. The van der Waals surface area contributed by atoms with Gasteiger partial charge in [0, 0.05) is 24.5 Å². The quantitative estimate of drug-likeness (QED) is 0.757. The topological polar surface area (TPSA) is 64.7 Å². The first-order valence-corrected chi connectivity index (χ1v) is 7.45. The summed E-state index contributed by atoms with van der Waals surface area (Å²) >= 11 is 5.78. The van der Waals surface area contributed by atoms with E-state index in [4.69, 9.17) is 11.6 Å². The van der Waals surface area contributed by atoms with Crippen molar-refractivity contribution in [2.45, 2.75) is 19.5 Å². The fourth-order valence-corrected chi connectivity index (χ4v) is 2.43. The van der Waals surface area contributed by atoms with Crippen LogP contribution in [0.1, 0.15) is 6.42 Å². The van der Waals surface area contributed by atoms with Gasteiger partial charge in [0.05, 0.1) is 36.0 Å². The van der Waals surface area contributed by atoms with Crippen molar-refractivity contribution in [3.63, 3.8) is 0 Å². The van der Waals surface area contributed by atoms with Crippen LogP contribution >= 0.6 is 11.6 Å². The highest BCUT2D eigenvalue weighted by atomic mass is 35.5. The third kappa shape index (κ3) is 3.46. The molecule has 0 atom stereocenters. The van der Waals surface area contributed by atoms with Gasteiger partial charge in [-0.15, -0.1) is 0 Å². The maximum absolute atomic E-state index is 11.9. The van der Waals surface area contributed by atoms with E-state index in [-0.39, 0.29) is 5.91 Å². The van der Waals surface area contributed by atoms with Crippen LogP contribution in [0, 0.1) is 0 Å². The number of nitrogens with one attached hydrogen (secondary N) is 1. The van der Waals surface area contributed by atoms with Crippen molar-refractivity contribution in [1.82, 2.24) is 24.9 Å². The average Bonchev–Trinajstić information content (AvgIpc) is 3.11. The van der Waals surface area contributed by atoms with E-state index in [1.54, 1.807) is 17.1 Å². The molecular weight excluding hydrogens is 302 g/mol. The summed E-state index contributed by atoms with van der Waals surface area (Å²) in [5, 5.41) is 12.9. The van der Waals surface area contributed by atoms with Crippen molar-refractivity contribution in [1.29, 1.82) is 0 Å². The van der Waals surface area contributed by atoms with Crippen LogP contribution in [0.2, 0.25) is 5.02 Å². The fraction of sp³-hybridized carbons (Fsp3) is 0.267. The van der Waals surface area contributed by atoms with Gasteiger partial charge in [0.25, 0.3) is 0 Å². The molecule has 0 aliphatic carbocycles. The predicted molar refractivity (Wildman–Crippen MR) is 84.6 cm³/mol. The maximum Gasteiger partial charge on any atom is 0.221 e. The van der Waals surface area contributed by atoms with Crippen LogP contribution in [-0.2, 0) is 17.9 Å². The minimum atomic E-state index is -0.00201. The molecule has 6 nitrogen and oxygen atoms in total. The SMILES string of the molecule is O=C(CCn1ncc2ccccc21)NCCn1cc(Cl)cn1. The zero-order valence-corrected chi connectivity index (χ0v) is 12.7. The minimum absolute atomic E-state index is 0.00201. The molecule has 1 N–H and O–H groups in total. The van der Waals surface area contributed by atoms with Crippen LogP contribution in [0.3, 0.4) is 0 Å². The molecule has 114 valence electrons. The summed E-state index contributed by atoms with van der Waals surface area (Å²) in [6.07, 6.45) is 5.51. The number of hydrogen-bond acceptors (Lipinski definition) is 3. The molecule has 0 aliphatic heterocycles. The third-order valence-electron chi connectivity index (χ3n) is 3.37. The number of para-hydroxylation sites is 1. The molecule has 0 unspecified atom stereocenters. The maximum atomic E-state index is 11.9. The lowest BCUT2D eigenvalue weighted by Gasteiger charge is -2.06. The number of hydrogen-bond donors (Lipinski definition) is 1. The second kappa shape index (κ2) is 6.62. The second-order valence-electron chi connectivity index (χ2n) is 4.95. The monoisotopic (exact) mass is 317 g/mol. The fourth-order valence-electron chi connectivity index (χ4n) is 2.27. The van der Waals surface area contributed by atoms with Gasteiger partial charge in [0.15, 0.2) is 0 Å². The average molecular weight is 318 g/mol. The van der Waals surface area contributed by atoms with Crippen LogP contribution in [0.4, 0.5) is 0 Å². The van der Waals surface area contributed by atoms with Gasteiger partial charge < -0.3 is 5.32 Å². The van der Waals surface area contributed by atoms with Gasteiger partial charge in [0.1, 0.15) is 0 Å². The molecule has 2 aromatic heterocycles. The highest BCUT2D eigenvalue weighted by Gasteiger charge is 2.05. The van der Waals surface area contributed by atoms with E-state index >= 15 is 0 Å². The molecule has 0 aliphatic rings. The van der Waals surface area contributed by atoms with Gasteiger partial charge in [-0.2, -0.15) is 10.2 Å². The lowest BCUT2D eigenvalue weighted by atomic mass is 10.2. The van der Waals surface area contributed by atoms with Gasteiger partial charge in [-0.25, -0.2) is 0 Å². The lowest BCUT2D eigenvalue weighted by Crippen LogP contribution is -2.28. The minimum Gasteiger partial charge on any atom is -0.354 e. The zero-order valence-electron chi connectivity index (χ0n) is 11.9. The summed E-state index contributed by atoms with van der Waals surface area (Å²) in [4.78, 5) is 11.9. The van der Waals surface area contributed by atoms with Gasteiger partial charge in [-0.05, 0) is 6.07 Å². The van der Waals surface area contributed by atoms with Crippen molar-refractivity contribution in [2.24, 2.45) is 0 Å². The Labute approximate surface area is 132 Å². The highest BCUT2D eigenvalue weighted by Crippen LogP contribution is 2.12. The number of nitrogens with zero attached hydrogens (tertiary/aromatic N) is 4. The number of amides is 1. The smallest absolute Gasteiger partial charge is 0.221 e. The van der Waals surface area contributed by atoms with E-state index in [0.717, 1.165) is 10.9 Å². The van der Waals surface area contributed by atoms with Crippen LogP contribution < -0.4 is 5.32 Å². The Kier molecular flexibility index (Phi) is 4.39. The van der Waals surface area contributed by atoms with E-state index in [1.165, 1.54) is 0 Å². The summed E-state index contributed by atoms with van der Waals surface area (Å²) in [7, 11) is 0. The lowest BCUT2D eigenvalue weighted by molar-refractivity contribution is -0.121. The molecule has 0 saturated carbocycles. The molecule has 2 heterocycles. The first kappa shape index (κ1) is 14.6. The van der Waals surface area contributed by atoms with Gasteiger partial charge in [0.2, 0.25) is 5.91 Å². The number of aromatic nitrogens is 4. The zero-order chi connectivity index (χ0) is 15.4. The van der Waals surface area contributed by atoms with Crippen molar-refractivity contribution < 1.29 is 4.79 Å². The number of carbonyl (C=O) groups excluding carboxylic acids is 1. The van der Waals surface area contributed by atoms with Crippen molar-refractivity contribution in [3.8, 4) is 0 Å². The van der Waals surface area contributed by atoms with Crippen molar-refractivity contribution in [3.05, 3.63) is 47.9 Å². The molecule has 0 fully saturated rings. The van der Waals surface area contributed by atoms with Gasteiger partial charge in [-0.3, -0.25) is 14.2 Å².